The van der Waals surface area contributed by atoms with Gasteiger partial charge >= 0.3 is 0 Å². The van der Waals surface area contributed by atoms with Gasteiger partial charge in [-0.2, -0.15) is 0 Å². The Morgan fingerprint density at radius 2 is 2.08 bits per heavy atom. The SMILES string of the molecule is Cc1ncsc1C(=O)N1CCC[C@]1(C(=O)N(C)C)c1cnccn1. The lowest BCUT2D eigenvalue weighted by atomic mass is 9.90. The minimum absolute atomic E-state index is 0.156. The van der Waals surface area contributed by atoms with Crippen molar-refractivity contribution in [1.82, 2.24) is 24.8 Å². The normalized spacial score (nSPS) is 20.2. The van der Waals surface area contributed by atoms with Gasteiger partial charge in [0, 0.05) is 33.0 Å². The Bertz CT molecular complexity index is 761. The highest BCUT2D eigenvalue weighted by atomic mass is 32.1. The average molecular weight is 345 g/mol. The van der Waals surface area contributed by atoms with E-state index in [1.165, 1.54) is 16.2 Å². The molecular formula is C16H19N5O2S. The van der Waals surface area contributed by atoms with E-state index in [4.69, 9.17) is 0 Å². The number of thiazole rings is 1. The molecule has 0 bridgehead atoms. The van der Waals surface area contributed by atoms with Gasteiger partial charge in [0.2, 0.25) is 0 Å². The first-order valence-electron chi connectivity index (χ1n) is 7.69. The molecule has 3 rings (SSSR count). The maximum Gasteiger partial charge on any atom is 0.267 e. The summed E-state index contributed by atoms with van der Waals surface area (Å²) in [5.74, 6) is -0.329. The van der Waals surface area contributed by atoms with Crippen LogP contribution >= 0.6 is 11.3 Å². The van der Waals surface area contributed by atoms with E-state index in [2.05, 4.69) is 15.0 Å². The number of hydrogen-bond acceptors (Lipinski definition) is 6. The average Bonchev–Trinajstić information content (AvgIpc) is 3.21. The smallest absolute Gasteiger partial charge is 0.267 e. The summed E-state index contributed by atoms with van der Waals surface area (Å²) in [5, 5.41) is 0. The third-order valence-electron chi connectivity index (χ3n) is 4.31. The van der Waals surface area contributed by atoms with E-state index in [9.17, 15) is 9.59 Å². The summed E-state index contributed by atoms with van der Waals surface area (Å²) in [7, 11) is 3.39. The molecule has 7 nitrogen and oxygen atoms in total. The number of carbonyl (C=O) groups is 2. The standard InChI is InChI=1S/C16H19N5O2S/c1-11-13(24-10-19-11)14(22)21-8-4-5-16(21,15(23)20(2)3)12-9-17-6-7-18-12/h6-7,9-10H,4-5,8H2,1-3H3/t16-/m1/s1. The van der Waals surface area contributed by atoms with Gasteiger partial charge in [-0.15, -0.1) is 11.3 Å². The van der Waals surface area contributed by atoms with Crippen molar-refractivity contribution in [3.05, 3.63) is 40.4 Å². The van der Waals surface area contributed by atoms with E-state index in [0.717, 1.165) is 6.42 Å². The summed E-state index contributed by atoms with van der Waals surface area (Å²) < 4.78 is 0. The Labute approximate surface area is 144 Å². The van der Waals surface area contributed by atoms with Crippen LogP contribution in [0.3, 0.4) is 0 Å². The molecule has 1 aliphatic rings. The lowest BCUT2D eigenvalue weighted by molar-refractivity contribution is -0.140. The fourth-order valence-corrected chi connectivity index (χ4v) is 3.95. The molecule has 0 radical (unpaired) electrons. The summed E-state index contributed by atoms with van der Waals surface area (Å²) in [5.41, 5.74) is 1.74. The predicted octanol–water partition coefficient (Wildman–Crippen LogP) is 1.46. The molecular weight excluding hydrogens is 326 g/mol. The number of hydrogen-bond donors (Lipinski definition) is 0. The summed E-state index contributed by atoms with van der Waals surface area (Å²) in [6.45, 7) is 2.31. The van der Waals surface area contributed by atoms with Crippen molar-refractivity contribution in [2.45, 2.75) is 25.3 Å². The second-order valence-corrected chi connectivity index (χ2v) is 6.83. The number of likely N-dealkylation sites (tertiary alicyclic amines) is 1. The maximum atomic E-state index is 13.1. The highest BCUT2D eigenvalue weighted by Gasteiger charge is 2.53. The second kappa shape index (κ2) is 6.27. The third kappa shape index (κ3) is 2.47. The Kier molecular flexibility index (Phi) is 4.31. The van der Waals surface area contributed by atoms with Crippen LogP contribution in [-0.2, 0) is 10.3 Å². The third-order valence-corrected chi connectivity index (χ3v) is 5.23. The molecule has 1 aliphatic heterocycles. The van der Waals surface area contributed by atoms with Crippen LogP contribution < -0.4 is 0 Å². The fraction of sp³-hybridized carbons (Fsp3) is 0.438. The monoisotopic (exact) mass is 345 g/mol. The highest BCUT2D eigenvalue weighted by molar-refractivity contribution is 7.11. The molecule has 3 heterocycles. The Morgan fingerprint density at radius 1 is 1.29 bits per heavy atom. The molecule has 2 amide bonds. The van der Waals surface area contributed by atoms with Crippen molar-refractivity contribution >= 4 is 23.2 Å². The number of amides is 2. The minimum atomic E-state index is -1.11. The van der Waals surface area contributed by atoms with Gasteiger partial charge in [-0.3, -0.25) is 19.6 Å². The molecule has 1 fully saturated rings. The maximum absolute atomic E-state index is 13.1. The van der Waals surface area contributed by atoms with Crippen LogP contribution in [0.5, 0.6) is 0 Å². The Morgan fingerprint density at radius 3 is 2.67 bits per heavy atom. The highest BCUT2D eigenvalue weighted by Crippen LogP contribution is 2.40. The van der Waals surface area contributed by atoms with Crippen LogP contribution in [0.1, 0.15) is 33.9 Å². The number of likely N-dealkylation sites (N-methyl/N-ethyl adjacent to an activating group) is 1. The van der Waals surface area contributed by atoms with Crippen LogP contribution in [0.25, 0.3) is 0 Å². The van der Waals surface area contributed by atoms with Crippen LogP contribution in [0.2, 0.25) is 0 Å². The van der Waals surface area contributed by atoms with Crippen molar-refractivity contribution in [1.29, 1.82) is 0 Å². The molecule has 1 saturated heterocycles. The van der Waals surface area contributed by atoms with E-state index in [1.807, 2.05) is 0 Å². The summed E-state index contributed by atoms with van der Waals surface area (Å²) in [4.78, 5) is 42.6. The van der Waals surface area contributed by atoms with Gasteiger partial charge in [0.15, 0.2) is 5.54 Å². The van der Waals surface area contributed by atoms with Crippen LogP contribution in [-0.4, -0.2) is 57.2 Å². The minimum Gasteiger partial charge on any atom is -0.346 e. The van der Waals surface area contributed by atoms with E-state index < -0.39 is 5.54 Å². The molecule has 0 aromatic carbocycles. The number of carbonyl (C=O) groups excluding carboxylic acids is 2. The van der Waals surface area contributed by atoms with E-state index in [1.54, 1.807) is 50.0 Å². The van der Waals surface area contributed by atoms with Gasteiger partial charge in [-0.1, -0.05) is 0 Å². The first-order chi connectivity index (χ1) is 11.5. The molecule has 1 atom stereocenters. The van der Waals surface area contributed by atoms with Gasteiger partial charge in [-0.05, 0) is 19.8 Å². The van der Waals surface area contributed by atoms with Gasteiger partial charge in [0.25, 0.3) is 11.8 Å². The van der Waals surface area contributed by atoms with E-state index >= 15 is 0 Å². The Hall–Kier alpha value is -2.35. The zero-order chi connectivity index (χ0) is 17.3. The zero-order valence-electron chi connectivity index (χ0n) is 13.9. The van der Waals surface area contributed by atoms with E-state index in [-0.39, 0.29) is 11.8 Å². The quantitative estimate of drug-likeness (QED) is 0.841. The van der Waals surface area contributed by atoms with Crippen molar-refractivity contribution < 1.29 is 9.59 Å². The zero-order valence-corrected chi connectivity index (χ0v) is 14.7. The second-order valence-electron chi connectivity index (χ2n) is 5.98. The first kappa shape index (κ1) is 16.5. The summed E-state index contributed by atoms with van der Waals surface area (Å²) in [6, 6.07) is 0. The molecule has 0 saturated carbocycles. The summed E-state index contributed by atoms with van der Waals surface area (Å²) in [6.07, 6.45) is 5.96. The van der Waals surface area contributed by atoms with Crippen molar-refractivity contribution in [2.75, 3.05) is 20.6 Å². The molecule has 0 N–H and O–H groups in total. The lowest BCUT2D eigenvalue weighted by Gasteiger charge is -2.38. The largest absolute Gasteiger partial charge is 0.346 e. The van der Waals surface area contributed by atoms with Crippen LogP contribution in [0.15, 0.2) is 24.1 Å². The topological polar surface area (TPSA) is 79.3 Å². The Balaban J connectivity index is 2.12. The van der Waals surface area contributed by atoms with Gasteiger partial charge in [0.1, 0.15) is 4.88 Å². The van der Waals surface area contributed by atoms with Crippen molar-refractivity contribution in [3.8, 4) is 0 Å². The van der Waals surface area contributed by atoms with Crippen molar-refractivity contribution in [3.63, 3.8) is 0 Å². The van der Waals surface area contributed by atoms with Gasteiger partial charge < -0.3 is 9.80 Å². The summed E-state index contributed by atoms with van der Waals surface area (Å²) >= 11 is 1.30. The van der Waals surface area contributed by atoms with Gasteiger partial charge in [0.05, 0.1) is 23.1 Å². The number of aromatic nitrogens is 3. The van der Waals surface area contributed by atoms with Crippen LogP contribution in [0.4, 0.5) is 0 Å². The van der Waals surface area contributed by atoms with Gasteiger partial charge in [-0.25, -0.2) is 4.98 Å². The number of rotatable bonds is 3. The molecule has 0 aliphatic carbocycles. The fourth-order valence-electron chi connectivity index (χ4n) is 3.20. The molecule has 2 aromatic rings. The molecule has 0 unspecified atom stereocenters. The predicted molar refractivity (Wildman–Crippen MR) is 89.5 cm³/mol. The van der Waals surface area contributed by atoms with Crippen molar-refractivity contribution in [2.24, 2.45) is 0 Å². The van der Waals surface area contributed by atoms with E-state index in [0.29, 0.717) is 29.2 Å². The number of nitrogens with zero attached hydrogens (tertiary/aromatic N) is 5. The molecule has 0 spiro atoms. The molecule has 24 heavy (non-hydrogen) atoms. The molecule has 126 valence electrons. The first-order valence-corrected chi connectivity index (χ1v) is 8.56. The van der Waals surface area contributed by atoms with Crippen LogP contribution in [0, 0.1) is 6.92 Å². The molecule has 8 heteroatoms. The number of aryl methyl sites for hydroxylation is 1. The molecule has 2 aromatic heterocycles. The lowest BCUT2D eigenvalue weighted by Crippen LogP contribution is -2.55.